The number of nitrogens with one attached hydrogen (secondary N) is 1. The van der Waals surface area contributed by atoms with E-state index in [-0.39, 0.29) is 43.1 Å². The molecule has 0 saturated carbocycles. The van der Waals surface area contributed by atoms with Gasteiger partial charge in [0.25, 0.3) is 5.91 Å². The summed E-state index contributed by atoms with van der Waals surface area (Å²) in [6, 6.07) is 4.61. The van der Waals surface area contributed by atoms with Gasteiger partial charge < -0.3 is 19.7 Å². The lowest BCUT2D eigenvalue weighted by Crippen LogP contribution is -2.51. The summed E-state index contributed by atoms with van der Waals surface area (Å²) >= 11 is 0. The van der Waals surface area contributed by atoms with Crippen molar-refractivity contribution in [2.24, 2.45) is 0 Å². The molecule has 0 radical (unpaired) electrons. The Balaban J connectivity index is 1.64. The van der Waals surface area contributed by atoms with Crippen molar-refractivity contribution in [1.29, 1.82) is 0 Å². The number of halogens is 1. The van der Waals surface area contributed by atoms with Crippen molar-refractivity contribution in [3.05, 3.63) is 47.7 Å². The quantitative estimate of drug-likeness (QED) is 0.845. The minimum absolute atomic E-state index is 0.0550. The van der Waals surface area contributed by atoms with Crippen molar-refractivity contribution in [1.82, 2.24) is 20.2 Å². The van der Waals surface area contributed by atoms with Gasteiger partial charge in [0.2, 0.25) is 11.8 Å². The van der Waals surface area contributed by atoms with Gasteiger partial charge >= 0.3 is 0 Å². The molecule has 27 heavy (non-hydrogen) atoms. The first-order valence-electron chi connectivity index (χ1n) is 8.32. The maximum Gasteiger partial charge on any atom is 0.250 e. The molecule has 9 heteroatoms. The molecule has 1 aliphatic heterocycles. The van der Waals surface area contributed by atoms with Gasteiger partial charge in [0.1, 0.15) is 6.61 Å². The van der Waals surface area contributed by atoms with Crippen molar-refractivity contribution in [2.75, 3.05) is 20.2 Å². The number of carbonyl (C=O) groups excluding carboxylic acids is 2. The Bertz CT molecular complexity index is 844. The standard InChI is InChI=1S/C18H19FN4O4/c1-11-3-4-14(13(19)5-11)27-16-7-21-12(6-22-16)8-23-9-15(18(25)20-2)26-10-17(23)24/h3-7,15H,8-10H2,1-2H3,(H,20,25)/t15-/m0/s1. The van der Waals surface area contributed by atoms with Crippen molar-refractivity contribution in [3.8, 4) is 11.6 Å². The highest BCUT2D eigenvalue weighted by Gasteiger charge is 2.30. The lowest BCUT2D eigenvalue weighted by Gasteiger charge is -2.31. The van der Waals surface area contributed by atoms with Gasteiger partial charge in [-0.1, -0.05) is 6.07 Å². The van der Waals surface area contributed by atoms with Crippen LogP contribution in [0.3, 0.4) is 0 Å². The molecular weight excluding hydrogens is 355 g/mol. The van der Waals surface area contributed by atoms with Crippen LogP contribution in [0.1, 0.15) is 11.3 Å². The number of aryl methyl sites for hydroxylation is 1. The third-order valence-electron chi connectivity index (χ3n) is 4.02. The van der Waals surface area contributed by atoms with E-state index in [4.69, 9.17) is 9.47 Å². The molecule has 3 rings (SSSR count). The predicted octanol–water partition coefficient (Wildman–Crippen LogP) is 1.19. The number of aromatic nitrogens is 2. The molecule has 0 aliphatic carbocycles. The zero-order valence-corrected chi connectivity index (χ0v) is 14.9. The SMILES string of the molecule is CNC(=O)[C@@H]1CN(Cc2cnc(Oc3ccc(C)cc3F)cn2)C(=O)CO1. The van der Waals surface area contributed by atoms with Crippen LogP contribution in [0.5, 0.6) is 11.6 Å². The molecule has 1 fully saturated rings. The highest BCUT2D eigenvalue weighted by molar-refractivity contribution is 5.84. The number of carbonyl (C=O) groups is 2. The van der Waals surface area contributed by atoms with E-state index in [2.05, 4.69) is 15.3 Å². The lowest BCUT2D eigenvalue weighted by atomic mass is 10.2. The molecule has 1 saturated heterocycles. The van der Waals surface area contributed by atoms with E-state index in [1.165, 1.54) is 36.5 Å². The van der Waals surface area contributed by atoms with Crippen LogP contribution in [0.25, 0.3) is 0 Å². The number of benzene rings is 1. The van der Waals surface area contributed by atoms with Crippen molar-refractivity contribution in [3.63, 3.8) is 0 Å². The molecule has 1 aliphatic rings. The second kappa shape index (κ2) is 8.09. The number of amides is 2. The van der Waals surface area contributed by atoms with Crippen LogP contribution in [0, 0.1) is 12.7 Å². The molecule has 142 valence electrons. The van der Waals surface area contributed by atoms with Crippen molar-refractivity contribution < 1.29 is 23.5 Å². The number of morpholine rings is 1. The van der Waals surface area contributed by atoms with E-state index >= 15 is 0 Å². The Kier molecular flexibility index (Phi) is 5.60. The number of likely N-dealkylation sites (N-methyl/N-ethyl adjacent to an activating group) is 1. The molecule has 1 aromatic heterocycles. The lowest BCUT2D eigenvalue weighted by molar-refractivity contribution is -0.156. The second-order valence-corrected chi connectivity index (χ2v) is 6.07. The highest BCUT2D eigenvalue weighted by atomic mass is 19.1. The Morgan fingerprint density at radius 3 is 2.89 bits per heavy atom. The first kappa shape index (κ1) is 18.7. The first-order chi connectivity index (χ1) is 13.0. The number of nitrogens with zero attached hydrogens (tertiary/aromatic N) is 3. The van der Waals surface area contributed by atoms with E-state index in [0.717, 1.165) is 5.56 Å². The average Bonchev–Trinajstić information content (AvgIpc) is 2.66. The van der Waals surface area contributed by atoms with Crippen LogP contribution >= 0.6 is 0 Å². The number of hydrogen-bond donors (Lipinski definition) is 1. The van der Waals surface area contributed by atoms with Crippen molar-refractivity contribution in [2.45, 2.75) is 19.6 Å². The van der Waals surface area contributed by atoms with Crippen molar-refractivity contribution >= 4 is 11.8 Å². The Hall–Kier alpha value is -3.07. The highest BCUT2D eigenvalue weighted by Crippen LogP contribution is 2.23. The fourth-order valence-electron chi connectivity index (χ4n) is 2.56. The first-order valence-corrected chi connectivity index (χ1v) is 8.32. The van der Waals surface area contributed by atoms with Crippen LogP contribution in [0.15, 0.2) is 30.6 Å². The summed E-state index contributed by atoms with van der Waals surface area (Å²) in [5, 5.41) is 2.50. The maximum absolute atomic E-state index is 13.8. The van der Waals surface area contributed by atoms with Crippen LogP contribution in [0.2, 0.25) is 0 Å². The Labute approximate surface area is 155 Å². The summed E-state index contributed by atoms with van der Waals surface area (Å²) in [5.41, 5.74) is 1.30. The fraction of sp³-hybridized carbons (Fsp3) is 0.333. The van der Waals surface area contributed by atoms with Gasteiger partial charge in [-0.2, -0.15) is 0 Å². The Morgan fingerprint density at radius 1 is 1.41 bits per heavy atom. The molecular formula is C18H19FN4O4. The molecule has 2 amide bonds. The second-order valence-electron chi connectivity index (χ2n) is 6.07. The minimum Gasteiger partial charge on any atom is -0.434 e. The number of rotatable bonds is 5. The molecule has 0 bridgehead atoms. The van der Waals surface area contributed by atoms with E-state index in [1.807, 2.05) is 0 Å². The third kappa shape index (κ3) is 4.56. The van der Waals surface area contributed by atoms with E-state index in [9.17, 15) is 14.0 Å². The zero-order chi connectivity index (χ0) is 19.4. The molecule has 2 heterocycles. The Morgan fingerprint density at radius 2 is 2.22 bits per heavy atom. The molecule has 0 spiro atoms. The van der Waals surface area contributed by atoms with Gasteiger partial charge in [0, 0.05) is 7.05 Å². The predicted molar refractivity (Wildman–Crippen MR) is 92.5 cm³/mol. The summed E-state index contributed by atoms with van der Waals surface area (Å²) in [6.45, 7) is 1.93. The van der Waals surface area contributed by atoms with Crippen LogP contribution in [-0.4, -0.2) is 53.0 Å². The summed E-state index contributed by atoms with van der Waals surface area (Å²) in [5.74, 6) is -0.820. The van der Waals surface area contributed by atoms with Gasteiger partial charge in [-0.05, 0) is 24.6 Å². The number of hydrogen-bond acceptors (Lipinski definition) is 6. The zero-order valence-electron chi connectivity index (χ0n) is 14.9. The minimum atomic E-state index is -0.715. The van der Waals surface area contributed by atoms with Gasteiger partial charge in [-0.3, -0.25) is 14.6 Å². The molecule has 8 nitrogen and oxygen atoms in total. The van der Waals surface area contributed by atoms with Crippen LogP contribution in [-0.2, 0) is 20.9 Å². The molecule has 0 unspecified atom stereocenters. The monoisotopic (exact) mass is 374 g/mol. The van der Waals surface area contributed by atoms with Gasteiger partial charge in [0.15, 0.2) is 17.7 Å². The third-order valence-corrected chi connectivity index (χ3v) is 4.02. The largest absolute Gasteiger partial charge is 0.434 e. The van der Waals surface area contributed by atoms with E-state index < -0.39 is 11.9 Å². The van der Waals surface area contributed by atoms with Crippen LogP contribution < -0.4 is 10.1 Å². The van der Waals surface area contributed by atoms with Gasteiger partial charge in [0.05, 0.1) is 31.2 Å². The summed E-state index contributed by atoms with van der Waals surface area (Å²) in [4.78, 5) is 33.4. The van der Waals surface area contributed by atoms with E-state index in [0.29, 0.717) is 5.69 Å². The molecule has 1 aromatic carbocycles. The van der Waals surface area contributed by atoms with Gasteiger partial charge in [-0.15, -0.1) is 0 Å². The van der Waals surface area contributed by atoms with E-state index in [1.54, 1.807) is 13.0 Å². The summed E-state index contributed by atoms with van der Waals surface area (Å²) in [6.07, 6.45) is 2.09. The molecule has 1 atom stereocenters. The topological polar surface area (TPSA) is 93.7 Å². The maximum atomic E-state index is 13.8. The smallest absolute Gasteiger partial charge is 0.250 e. The molecule has 2 aromatic rings. The van der Waals surface area contributed by atoms with Gasteiger partial charge in [-0.25, -0.2) is 9.37 Å². The fourth-order valence-corrected chi connectivity index (χ4v) is 2.56. The average molecular weight is 374 g/mol. The van der Waals surface area contributed by atoms with Crippen LogP contribution in [0.4, 0.5) is 4.39 Å². The molecule has 1 N–H and O–H groups in total. The normalized spacial score (nSPS) is 16.9. The number of ether oxygens (including phenoxy) is 2. The summed E-state index contributed by atoms with van der Waals surface area (Å²) in [7, 11) is 1.51. The summed E-state index contributed by atoms with van der Waals surface area (Å²) < 4.78 is 24.4.